The molecule has 3 N–H and O–H groups in total. The first-order valence-corrected chi connectivity index (χ1v) is 3.32. The van der Waals surface area contributed by atoms with Gasteiger partial charge < -0.3 is 10.8 Å². The Balaban J connectivity index is 0.000001000. The Bertz CT molecular complexity index is 130. The third-order valence-electron chi connectivity index (χ3n) is 1.83. The fourth-order valence-electron chi connectivity index (χ4n) is 0.906. The fraction of sp³-hybridized carbons (Fsp3) is 1.00. The number of hydrogen-bond acceptors (Lipinski definition) is 2. The molecule has 1 atom stereocenters. The van der Waals surface area contributed by atoms with E-state index in [4.69, 9.17) is 10.8 Å². The number of aliphatic hydroxyl groups is 1. The van der Waals surface area contributed by atoms with Gasteiger partial charge in [0.15, 0.2) is 0 Å². The zero-order valence-corrected chi connectivity index (χ0v) is 6.78. The molecule has 0 heterocycles. The maximum Gasteiger partial charge on any atom is 0.285 e. The van der Waals surface area contributed by atoms with Gasteiger partial charge in [0.05, 0.1) is 6.04 Å². The van der Waals surface area contributed by atoms with Crippen LogP contribution in [-0.4, -0.2) is 23.7 Å². The summed E-state index contributed by atoms with van der Waals surface area (Å²) in [5, 5.41) is 8.21. The molecular formula is C6H12ClF2NO. The summed E-state index contributed by atoms with van der Waals surface area (Å²) in [6, 6.07) is -1.14. The predicted molar refractivity (Wildman–Crippen MR) is 40.0 cm³/mol. The Morgan fingerprint density at radius 2 is 2.00 bits per heavy atom. The van der Waals surface area contributed by atoms with Gasteiger partial charge in [0.25, 0.3) is 5.92 Å². The van der Waals surface area contributed by atoms with E-state index in [1.165, 1.54) is 0 Å². The first-order valence-electron chi connectivity index (χ1n) is 3.32. The molecule has 11 heavy (non-hydrogen) atoms. The normalized spacial score (nSPS) is 20.7. The average molecular weight is 188 g/mol. The Hall–Kier alpha value is 0.0700. The molecule has 1 unspecified atom stereocenters. The van der Waals surface area contributed by atoms with E-state index in [-0.39, 0.29) is 18.3 Å². The van der Waals surface area contributed by atoms with Crippen molar-refractivity contribution in [2.75, 3.05) is 6.61 Å². The second-order valence-electron chi connectivity index (χ2n) is 2.78. The molecule has 68 valence electrons. The summed E-state index contributed by atoms with van der Waals surface area (Å²) in [5.41, 5.74) is 5.16. The van der Waals surface area contributed by atoms with Crippen LogP contribution in [0.5, 0.6) is 0 Å². The monoisotopic (exact) mass is 187 g/mol. The van der Waals surface area contributed by atoms with E-state index in [2.05, 4.69) is 0 Å². The number of nitrogens with two attached hydrogens (primary N) is 1. The summed E-state index contributed by atoms with van der Waals surface area (Å²) in [4.78, 5) is 0. The zero-order valence-electron chi connectivity index (χ0n) is 5.96. The molecule has 1 saturated carbocycles. The van der Waals surface area contributed by atoms with Crippen LogP contribution < -0.4 is 5.73 Å². The zero-order chi connectivity index (χ0) is 7.78. The first-order chi connectivity index (χ1) is 4.58. The molecule has 1 rings (SSSR count). The standard InChI is InChI=1S/C6H11F2NO.ClH/c7-6(8,3-10)5(9)4-1-2-4;/h4-5,10H,1-3,9H2;1H. The first kappa shape index (κ1) is 11.1. The van der Waals surface area contributed by atoms with Crippen molar-refractivity contribution in [3.63, 3.8) is 0 Å². The molecule has 1 aliphatic carbocycles. The molecule has 0 saturated heterocycles. The quantitative estimate of drug-likeness (QED) is 0.686. The number of aliphatic hydroxyl groups excluding tert-OH is 1. The van der Waals surface area contributed by atoms with Crippen LogP contribution in [0.1, 0.15) is 12.8 Å². The molecule has 0 radical (unpaired) electrons. The molecule has 0 aromatic carbocycles. The minimum absolute atomic E-state index is 0. The molecule has 0 spiro atoms. The minimum Gasteiger partial charge on any atom is -0.390 e. The molecule has 0 bridgehead atoms. The number of alkyl halides is 2. The fourth-order valence-corrected chi connectivity index (χ4v) is 0.906. The van der Waals surface area contributed by atoms with Crippen LogP contribution in [0.15, 0.2) is 0 Å². The Kier molecular flexibility index (Phi) is 3.67. The molecular weight excluding hydrogens is 176 g/mol. The third kappa shape index (κ3) is 2.54. The van der Waals surface area contributed by atoms with Crippen molar-refractivity contribution in [1.29, 1.82) is 0 Å². The van der Waals surface area contributed by atoms with Crippen LogP contribution in [0.2, 0.25) is 0 Å². The molecule has 0 aliphatic heterocycles. The maximum atomic E-state index is 12.5. The van der Waals surface area contributed by atoms with E-state index < -0.39 is 18.6 Å². The number of halogens is 3. The van der Waals surface area contributed by atoms with Gasteiger partial charge in [-0.25, -0.2) is 8.78 Å². The largest absolute Gasteiger partial charge is 0.390 e. The van der Waals surface area contributed by atoms with Gasteiger partial charge in [0.1, 0.15) is 6.61 Å². The van der Waals surface area contributed by atoms with Crippen LogP contribution in [0.3, 0.4) is 0 Å². The molecule has 1 aliphatic rings. The van der Waals surface area contributed by atoms with Gasteiger partial charge in [0, 0.05) is 0 Å². The SMILES string of the molecule is Cl.NC(C1CC1)C(F)(F)CO. The topological polar surface area (TPSA) is 46.2 Å². The van der Waals surface area contributed by atoms with Crippen molar-refractivity contribution < 1.29 is 13.9 Å². The van der Waals surface area contributed by atoms with Gasteiger partial charge >= 0.3 is 0 Å². The van der Waals surface area contributed by atoms with Gasteiger partial charge in [-0.15, -0.1) is 12.4 Å². The number of hydrogen-bond donors (Lipinski definition) is 2. The summed E-state index contributed by atoms with van der Waals surface area (Å²) < 4.78 is 24.9. The highest BCUT2D eigenvalue weighted by Gasteiger charge is 2.45. The average Bonchev–Trinajstić information content (AvgIpc) is 2.68. The van der Waals surface area contributed by atoms with Crippen LogP contribution >= 0.6 is 12.4 Å². The van der Waals surface area contributed by atoms with Crippen molar-refractivity contribution in [3.05, 3.63) is 0 Å². The lowest BCUT2D eigenvalue weighted by molar-refractivity contribution is -0.0749. The summed E-state index contributed by atoms with van der Waals surface area (Å²) in [6.07, 6.45) is 1.55. The third-order valence-corrected chi connectivity index (χ3v) is 1.83. The summed E-state index contributed by atoms with van der Waals surface area (Å²) in [6.45, 7) is -1.13. The van der Waals surface area contributed by atoms with Gasteiger partial charge in [0.2, 0.25) is 0 Å². The predicted octanol–water partition coefficient (Wildman–Crippen LogP) is 0.773. The summed E-state index contributed by atoms with van der Waals surface area (Å²) in [7, 11) is 0. The van der Waals surface area contributed by atoms with E-state index in [1.54, 1.807) is 0 Å². The van der Waals surface area contributed by atoms with Crippen LogP contribution in [0, 0.1) is 5.92 Å². The molecule has 0 amide bonds. The van der Waals surface area contributed by atoms with Crippen LogP contribution in [-0.2, 0) is 0 Å². The van der Waals surface area contributed by atoms with Crippen LogP contribution in [0.4, 0.5) is 8.78 Å². The van der Waals surface area contributed by atoms with Gasteiger partial charge in [-0.3, -0.25) is 0 Å². The van der Waals surface area contributed by atoms with Crippen molar-refractivity contribution in [2.45, 2.75) is 24.8 Å². The molecule has 5 heteroatoms. The second kappa shape index (κ2) is 3.65. The molecule has 1 fully saturated rings. The Morgan fingerprint density at radius 1 is 1.55 bits per heavy atom. The molecule has 0 aromatic heterocycles. The van der Waals surface area contributed by atoms with Crippen molar-refractivity contribution in [3.8, 4) is 0 Å². The smallest absolute Gasteiger partial charge is 0.285 e. The van der Waals surface area contributed by atoms with E-state index >= 15 is 0 Å². The summed E-state index contributed by atoms with van der Waals surface area (Å²) in [5.74, 6) is -3.15. The molecule has 2 nitrogen and oxygen atoms in total. The highest BCUT2D eigenvalue weighted by atomic mass is 35.5. The van der Waals surface area contributed by atoms with Gasteiger partial charge in [-0.2, -0.15) is 0 Å². The van der Waals surface area contributed by atoms with E-state index in [9.17, 15) is 8.78 Å². The van der Waals surface area contributed by atoms with Gasteiger partial charge in [-0.05, 0) is 18.8 Å². The maximum absolute atomic E-state index is 12.5. The van der Waals surface area contributed by atoms with Crippen molar-refractivity contribution in [2.24, 2.45) is 11.7 Å². The Morgan fingerprint density at radius 3 is 2.27 bits per heavy atom. The Labute approximate surface area is 70.2 Å². The second-order valence-corrected chi connectivity index (χ2v) is 2.78. The van der Waals surface area contributed by atoms with Crippen molar-refractivity contribution >= 4 is 12.4 Å². The van der Waals surface area contributed by atoms with E-state index in [1.807, 2.05) is 0 Å². The lowest BCUT2D eigenvalue weighted by Gasteiger charge is -2.20. The lowest BCUT2D eigenvalue weighted by atomic mass is 10.1. The lowest BCUT2D eigenvalue weighted by Crippen LogP contribution is -2.45. The number of rotatable bonds is 3. The molecule has 0 aromatic rings. The highest BCUT2D eigenvalue weighted by molar-refractivity contribution is 5.85. The van der Waals surface area contributed by atoms with Crippen molar-refractivity contribution in [1.82, 2.24) is 0 Å². The summed E-state index contributed by atoms with van der Waals surface area (Å²) >= 11 is 0. The van der Waals surface area contributed by atoms with E-state index in [0.717, 1.165) is 12.8 Å². The minimum atomic E-state index is -3.08. The highest BCUT2D eigenvalue weighted by Crippen LogP contribution is 2.37. The van der Waals surface area contributed by atoms with Crippen LogP contribution in [0.25, 0.3) is 0 Å². The van der Waals surface area contributed by atoms with E-state index in [0.29, 0.717) is 0 Å². The van der Waals surface area contributed by atoms with Gasteiger partial charge in [-0.1, -0.05) is 0 Å².